The fourth-order valence-electron chi connectivity index (χ4n) is 5.50. The minimum absolute atomic E-state index is 0.119. The van der Waals surface area contributed by atoms with Gasteiger partial charge in [0.1, 0.15) is 11.6 Å². The van der Waals surface area contributed by atoms with Gasteiger partial charge in [0.05, 0.1) is 45.9 Å². The molecule has 0 bridgehead atoms. The van der Waals surface area contributed by atoms with Crippen LogP contribution in [0.3, 0.4) is 0 Å². The summed E-state index contributed by atoms with van der Waals surface area (Å²) in [4.78, 5) is 5.16. The third-order valence-corrected chi connectivity index (χ3v) is 7.08. The third-order valence-electron chi connectivity index (χ3n) is 7.08. The van der Waals surface area contributed by atoms with E-state index in [1.165, 1.54) is 5.56 Å². The van der Waals surface area contributed by atoms with Crippen molar-refractivity contribution in [3.05, 3.63) is 108 Å². The lowest BCUT2D eigenvalue weighted by Gasteiger charge is -2.15. The fraction of sp³-hybridized carbons (Fsp3) is 0.0645. The van der Waals surface area contributed by atoms with Crippen LogP contribution in [0.2, 0.25) is 0 Å². The lowest BCUT2D eigenvalue weighted by Crippen LogP contribution is -2.08. The topological polar surface area (TPSA) is 70.3 Å². The van der Waals surface area contributed by atoms with Gasteiger partial charge in [0.2, 0.25) is 0 Å². The van der Waals surface area contributed by atoms with Gasteiger partial charge in [-0.05, 0) is 60.5 Å². The zero-order valence-corrected chi connectivity index (χ0v) is 19.3. The molecule has 0 spiro atoms. The van der Waals surface area contributed by atoms with Crippen LogP contribution in [0, 0.1) is 28.6 Å². The van der Waals surface area contributed by atoms with Gasteiger partial charge in [-0.15, -0.1) is 0 Å². The van der Waals surface area contributed by atoms with Crippen molar-refractivity contribution in [2.45, 2.75) is 6.42 Å². The Labute approximate surface area is 207 Å². The average molecular weight is 462 g/mol. The van der Waals surface area contributed by atoms with Crippen LogP contribution in [0.1, 0.15) is 16.8 Å². The van der Waals surface area contributed by atoms with Gasteiger partial charge in [-0.25, -0.2) is 4.98 Å². The maximum absolute atomic E-state index is 9.52. The van der Waals surface area contributed by atoms with Crippen LogP contribution < -0.4 is 0 Å². The number of hydrogen-bond acceptors (Lipinski definition) is 3. The molecular formula is C31H19N5. The molecule has 1 atom stereocenters. The molecule has 0 saturated carbocycles. The molecule has 3 heterocycles. The van der Waals surface area contributed by atoms with E-state index in [4.69, 9.17) is 4.98 Å². The summed E-state index contributed by atoms with van der Waals surface area (Å²) in [5, 5.41) is 22.3. The first kappa shape index (κ1) is 20.3. The van der Waals surface area contributed by atoms with Crippen LogP contribution in [0.5, 0.6) is 0 Å². The summed E-state index contributed by atoms with van der Waals surface area (Å²) in [6.07, 6.45) is 4.75. The lowest BCUT2D eigenvalue weighted by molar-refractivity contribution is 0.807. The van der Waals surface area contributed by atoms with E-state index in [1.54, 1.807) is 0 Å². The molecule has 6 aromatic rings. The highest BCUT2D eigenvalue weighted by Gasteiger charge is 2.23. The van der Waals surface area contributed by atoms with E-state index in [-0.39, 0.29) is 5.92 Å². The Bertz CT molecular complexity index is 1960. The van der Waals surface area contributed by atoms with Crippen LogP contribution in [0.4, 0.5) is 0 Å². The summed E-state index contributed by atoms with van der Waals surface area (Å²) in [7, 11) is 0. The van der Waals surface area contributed by atoms with Gasteiger partial charge in [-0.3, -0.25) is 9.13 Å². The third kappa shape index (κ3) is 2.84. The van der Waals surface area contributed by atoms with Gasteiger partial charge in [0, 0.05) is 16.2 Å². The number of fused-ring (bicyclic) bond motifs is 6. The van der Waals surface area contributed by atoms with Gasteiger partial charge in [0.25, 0.3) is 0 Å². The van der Waals surface area contributed by atoms with Crippen molar-refractivity contribution in [3.63, 3.8) is 0 Å². The summed E-state index contributed by atoms with van der Waals surface area (Å²) < 4.78 is 4.36. The molecule has 3 aromatic carbocycles. The van der Waals surface area contributed by atoms with Crippen molar-refractivity contribution in [2.75, 3.05) is 0 Å². The Kier molecular flexibility index (Phi) is 4.33. The Balaban J connectivity index is 1.49. The molecule has 0 N–H and O–H groups in total. The highest BCUT2D eigenvalue weighted by atomic mass is 15.1. The summed E-state index contributed by atoms with van der Waals surface area (Å²) in [5.41, 5.74) is 6.04. The first-order valence-corrected chi connectivity index (χ1v) is 11.9. The van der Waals surface area contributed by atoms with Crippen LogP contribution in [-0.2, 0) is 6.42 Å². The molecular weight excluding hydrogens is 442 g/mol. The number of pyridine rings is 1. The minimum atomic E-state index is -0.119. The summed E-state index contributed by atoms with van der Waals surface area (Å²) in [5.74, 6) is 1.51. The minimum Gasteiger partial charge on any atom is -0.294 e. The van der Waals surface area contributed by atoms with Crippen molar-refractivity contribution in [1.29, 1.82) is 10.5 Å². The average Bonchev–Trinajstić information content (AvgIpc) is 3.45. The van der Waals surface area contributed by atoms with Crippen molar-refractivity contribution in [2.24, 2.45) is 5.92 Å². The zero-order valence-electron chi connectivity index (χ0n) is 19.3. The molecule has 1 aliphatic rings. The molecule has 7 rings (SSSR count). The Morgan fingerprint density at radius 3 is 2.19 bits per heavy atom. The highest BCUT2D eigenvalue weighted by molar-refractivity contribution is 6.09. The Morgan fingerprint density at radius 1 is 0.722 bits per heavy atom. The van der Waals surface area contributed by atoms with Crippen molar-refractivity contribution >= 4 is 38.8 Å². The van der Waals surface area contributed by atoms with E-state index in [9.17, 15) is 10.5 Å². The molecule has 0 fully saturated rings. The molecule has 0 saturated heterocycles. The molecule has 5 nitrogen and oxygen atoms in total. The van der Waals surface area contributed by atoms with Gasteiger partial charge in [-0.2, -0.15) is 10.5 Å². The van der Waals surface area contributed by atoms with E-state index in [1.807, 2.05) is 66.7 Å². The molecule has 3 aromatic heterocycles. The Hall–Kier alpha value is -5.13. The van der Waals surface area contributed by atoms with Crippen LogP contribution in [-0.4, -0.2) is 14.1 Å². The van der Waals surface area contributed by atoms with E-state index in [0.717, 1.165) is 50.0 Å². The van der Waals surface area contributed by atoms with Crippen molar-refractivity contribution in [1.82, 2.24) is 14.1 Å². The maximum atomic E-state index is 9.52. The largest absolute Gasteiger partial charge is 0.294 e. The van der Waals surface area contributed by atoms with Crippen LogP contribution >= 0.6 is 0 Å². The van der Waals surface area contributed by atoms with Crippen LogP contribution in [0.25, 0.3) is 50.4 Å². The number of rotatable bonds is 2. The number of allylic oxidation sites excluding steroid dienone is 1. The van der Waals surface area contributed by atoms with E-state index in [0.29, 0.717) is 12.0 Å². The Morgan fingerprint density at radius 2 is 1.42 bits per heavy atom. The first-order valence-electron chi connectivity index (χ1n) is 11.9. The summed E-state index contributed by atoms with van der Waals surface area (Å²) in [6, 6.07) is 33.1. The van der Waals surface area contributed by atoms with E-state index in [2.05, 4.69) is 51.6 Å². The molecule has 1 unspecified atom stereocenters. The molecule has 168 valence electrons. The molecule has 1 aliphatic carbocycles. The standard InChI is InChI=1S/C31H19N5/c32-18-20-12-14-28-24(16-20)22-6-1-3-8-26(22)35(28)30-10-5-11-31(34-30)36-27-9-4-2-7-23(27)25-17-21(19-33)13-15-29(25)36/h1-16,21H,17H2. The number of nitrogens with zero attached hydrogens (tertiary/aromatic N) is 5. The quantitative estimate of drug-likeness (QED) is 0.288. The number of para-hydroxylation sites is 2. The van der Waals surface area contributed by atoms with Crippen molar-refractivity contribution < 1.29 is 0 Å². The molecule has 0 radical (unpaired) electrons. The normalized spacial score (nSPS) is 14.7. The highest BCUT2D eigenvalue weighted by Crippen LogP contribution is 2.36. The van der Waals surface area contributed by atoms with Crippen molar-refractivity contribution in [3.8, 4) is 23.8 Å². The SMILES string of the molecule is N#Cc1ccc2c(c1)c1ccccc1n2-c1cccc(-n2c3c(c4ccccc42)CC(C#N)C=C3)n1. The van der Waals surface area contributed by atoms with Gasteiger partial charge < -0.3 is 0 Å². The van der Waals surface area contributed by atoms with Gasteiger partial charge in [0.15, 0.2) is 0 Å². The van der Waals surface area contributed by atoms with E-state index < -0.39 is 0 Å². The van der Waals surface area contributed by atoms with Crippen LogP contribution in [0.15, 0.2) is 91.0 Å². The summed E-state index contributed by atoms with van der Waals surface area (Å²) in [6.45, 7) is 0. The number of nitriles is 2. The lowest BCUT2D eigenvalue weighted by atomic mass is 9.93. The second-order valence-corrected chi connectivity index (χ2v) is 9.07. The number of aromatic nitrogens is 3. The zero-order chi connectivity index (χ0) is 24.2. The van der Waals surface area contributed by atoms with E-state index >= 15 is 0 Å². The first-order chi connectivity index (χ1) is 17.8. The molecule has 36 heavy (non-hydrogen) atoms. The predicted octanol–water partition coefficient (Wildman–Crippen LogP) is 6.70. The maximum Gasteiger partial charge on any atom is 0.140 e. The van der Waals surface area contributed by atoms with Gasteiger partial charge >= 0.3 is 0 Å². The summed E-state index contributed by atoms with van der Waals surface area (Å²) >= 11 is 0. The number of benzene rings is 3. The molecule has 0 amide bonds. The molecule has 0 aliphatic heterocycles. The van der Waals surface area contributed by atoms with Gasteiger partial charge in [-0.1, -0.05) is 48.5 Å². The second-order valence-electron chi connectivity index (χ2n) is 9.07. The predicted molar refractivity (Wildman–Crippen MR) is 142 cm³/mol. The monoisotopic (exact) mass is 461 g/mol. The number of hydrogen-bond donors (Lipinski definition) is 0. The second kappa shape index (κ2) is 7.70. The molecule has 5 heteroatoms. The smallest absolute Gasteiger partial charge is 0.140 e. The fourth-order valence-corrected chi connectivity index (χ4v) is 5.50.